The number of nitrogens with one attached hydrogen (secondary N) is 1. The molecular formula is C31H34N4OS. The molecule has 0 spiro atoms. The summed E-state index contributed by atoms with van der Waals surface area (Å²) in [6.07, 6.45) is 6.89. The van der Waals surface area contributed by atoms with E-state index >= 15 is 0 Å². The van der Waals surface area contributed by atoms with Crippen LogP contribution in [-0.2, 0) is 19.4 Å². The Kier molecular flexibility index (Phi) is 6.07. The van der Waals surface area contributed by atoms with Crippen molar-refractivity contribution >= 4 is 28.7 Å². The van der Waals surface area contributed by atoms with Crippen molar-refractivity contribution in [2.75, 3.05) is 24.3 Å². The van der Waals surface area contributed by atoms with Gasteiger partial charge in [-0.05, 0) is 86.6 Å². The lowest BCUT2D eigenvalue weighted by Gasteiger charge is -2.32. The molecule has 1 atom stereocenters. The fourth-order valence-electron chi connectivity index (χ4n) is 5.83. The highest BCUT2D eigenvalue weighted by Crippen LogP contribution is 2.44. The summed E-state index contributed by atoms with van der Waals surface area (Å²) in [4.78, 5) is 19.8. The standard InChI is InChI=1S/C31H34N4OS/c1-20-11-16-26(21(2)18-20)32-31(36)35-19-25-24-8-5-6-10-28(24)37-30(25)34-17-7-9-27(34)29(35)22-12-14-23(15-13-22)33(3)4/h7,9,11-18,29H,5-6,8,10,19H2,1-4H3,(H,32,36)/t29-/m0/s1. The van der Waals surface area contributed by atoms with Gasteiger partial charge < -0.3 is 19.7 Å². The summed E-state index contributed by atoms with van der Waals surface area (Å²) in [6.45, 7) is 4.73. The van der Waals surface area contributed by atoms with Crippen LogP contribution in [0.4, 0.5) is 16.2 Å². The van der Waals surface area contributed by atoms with Crippen LogP contribution in [0.5, 0.6) is 0 Å². The third-order valence-electron chi connectivity index (χ3n) is 7.79. The zero-order valence-electron chi connectivity index (χ0n) is 22.0. The molecular weight excluding hydrogens is 476 g/mol. The number of nitrogens with zero attached hydrogens (tertiary/aromatic N) is 3. The molecule has 0 saturated carbocycles. The number of rotatable bonds is 3. The van der Waals surface area contributed by atoms with Gasteiger partial charge in [0.25, 0.3) is 0 Å². The third kappa shape index (κ3) is 4.23. The molecule has 2 aliphatic rings. The molecule has 37 heavy (non-hydrogen) atoms. The Morgan fingerprint density at radius 2 is 1.78 bits per heavy atom. The van der Waals surface area contributed by atoms with E-state index in [9.17, 15) is 4.79 Å². The van der Waals surface area contributed by atoms with Crippen LogP contribution in [0.25, 0.3) is 5.00 Å². The highest BCUT2D eigenvalue weighted by Gasteiger charge is 2.36. The molecule has 190 valence electrons. The molecule has 2 aromatic carbocycles. The van der Waals surface area contributed by atoms with Crippen LogP contribution in [-0.4, -0.2) is 29.6 Å². The molecule has 0 radical (unpaired) electrons. The van der Waals surface area contributed by atoms with Gasteiger partial charge in [-0.25, -0.2) is 4.79 Å². The van der Waals surface area contributed by atoms with Gasteiger partial charge in [-0.15, -0.1) is 11.3 Å². The van der Waals surface area contributed by atoms with Crippen LogP contribution in [0, 0.1) is 13.8 Å². The van der Waals surface area contributed by atoms with Crippen molar-refractivity contribution in [3.8, 4) is 5.00 Å². The number of anilines is 2. The fraction of sp³-hybridized carbons (Fsp3) is 0.323. The van der Waals surface area contributed by atoms with Crippen molar-refractivity contribution in [1.29, 1.82) is 0 Å². The highest BCUT2D eigenvalue weighted by molar-refractivity contribution is 7.15. The zero-order valence-corrected chi connectivity index (χ0v) is 22.9. The van der Waals surface area contributed by atoms with Crippen molar-refractivity contribution in [3.63, 3.8) is 0 Å². The molecule has 0 bridgehead atoms. The lowest BCUT2D eigenvalue weighted by Crippen LogP contribution is -2.38. The number of carbonyl (C=O) groups excluding carboxylic acids is 1. The van der Waals surface area contributed by atoms with E-state index < -0.39 is 0 Å². The van der Waals surface area contributed by atoms with Crippen molar-refractivity contribution in [2.45, 2.75) is 52.1 Å². The SMILES string of the molecule is Cc1ccc(NC(=O)N2Cc3c(sc4c3CCCC4)-n3cccc3[C@@H]2c2ccc(N(C)C)cc2)c(C)c1. The Hall–Kier alpha value is -3.51. The first-order valence-corrected chi connectivity index (χ1v) is 14.0. The summed E-state index contributed by atoms with van der Waals surface area (Å²) >= 11 is 1.92. The van der Waals surface area contributed by atoms with Crippen LogP contribution in [0.15, 0.2) is 60.8 Å². The van der Waals surface area contributed by atoms with E-state index in [1.165, 1.54) is 39.4 Å². The Morgan fingerprint density at radius 3 is 2.54 bits per heavy atom. The highest BCUT2D eigenvalue weighted by atomic mass is 32.1. The van der Waals surface area contributed by atoms with Gasteiger partial charge in [0.05, 0.1) is 18.3 Å². The summed E-state index contributed by atoms with van der Waals surface area (Å²) in [5.41, 5.74) is 9.32. The maximum Gasteiger partial charge on any atom is 0.322 e. The molecule has 5 nitrogen and oxygen atoms in total. The molecule has 4 aromatic rings. The molecule has 1 aliphatic heterocycles. The van der Waals surface area contributed by atoms with Crippen LogP contribution in [0.1, 0.15) is 57.3 Å². The number of urea groups is 1. The van der Waals surface area contributed by atoms with Gasteiger partial charge in [-0.3, -0.25) is 0 Å². The maximum absolute atomic E-state index is 14.1. The van der Waals surface area contributed by atoms with Crippen molar-refractivity contribution in [1.82, 2.24) is 9.47 Å². The Labute approximate surface area is 223 Å². The number of aromatic nitrogens is 1. The predicted molar refractivity (Wildman–Crippen MR) is 153 cm³/mol. The Bertz CT molecular complexity index is 1460. The molecule has 6 heteroatoms. The monoisotopic (exact) mass is 510 g/mol. The average molecular weight is 511 g/mol. The molecule has 3 heterocycles. The normalized spacial score (nSPS) is 16.4. The molecule has 2 amide bonds. The average Bonchev–Trinajstić information content (AvgIpc) is 3.47. The van der Waals surface area contributed by atoms with Crippen molar-refractivity contribution in [2.24, 2.45) is 0 Å². The van der Waals surface area contributed by atoms with E-state index in [2.05, 4.69) is 97.5 Å². The molecule has 0 fully saturated rings. The van der Waals surface area contributed by atoms with Gasteiger partial charge in [0.15, 0.2) is 0 Å². The topological polar surface area (TPSA) is 40.5 Å². The van der Waals surface area contributed by atoms with Crippen LogP contribution >= 0.6 is 11.3 Å². The Morgan fingerprint density at radius 1 is 1.00 bits per heavy atom. The molecule has 1 aliphatic carbocycles. The number of benzene rings is 2. The summed E-state index contributed by atoms with van der Waals surface area (Å²) < 4.78 is 2.34. The van der Waals surface area contributed by atoms with Crippen LogP contribution in [0.2, 0.25) is 0 Å². The number of fused-ring (bicyclic) bond motifs is 5. The van der Waals surface area contributed by atoms with Crippen LogP contribution in [0.3, 0.4) is 0 Å². The van der Waals surface area contributed by atoms with E-state index in [0.717, 1.165) is 41.0 Å². The predicted octanol–water partition coefficient (Wildman–Crippen LogP) is 7.24. The van der Waals surface area contributed by atoms with E-state index in [-0.39, 0.29) is 12.1 Å². The lowest BCUT2D eigenvalue weighted by molar-refractivity contribution is 0.194. The molecule has 1 N–H and O–H groups in total. The Balaban J connectivity index is 1.48. The first-order valence-electron chi connectivity index (χ1n) is 13.1. The van der Waals surface area contributed by atoms with Crippen LogP contribution < -0.4 is 10.2 Å². The largest absolute Gasteiger partial charge is 0.378 e. The minimum absolute atomic E-state index is 0.0648. The summed E-state index contributed by atoms with van der Waals surface area (Å²) in [6, 6.07) is 18.8. The van der Waals surface area contributed by atoms with E-state index in [1.54, 1.807) is 0 Å². The molecule has 6 rings (SSSR count). The second-order valence-electron chi connectivity index (χ2n) is 10.6. The summed E-state index contributed by atoms with van der Waals surface area (Å²) in [7, 11) is 4.10. The van der Waals surface area contributed by atoms with Crippen molar-refractivity contribution in [3.05, 3.63) is 99.2 Å². The molecule has 2 aromatic heterocycles. The maximum atomic E-state index is 14.1. The number of aryl methyl sites for hydroxylation is 3. The zero-order chi connectivity index (χ0) is 25.7. The minimum atomic E-state index is -0.198. The number of carbonyl (C=O) groups is 1. The second-order valence-corrected chi connectivity index (χ2v) is 11.6. The first-order chi connectivity index (χ1) is 17.9. The number of hydrogen-bond acceptors (Lipinski definition) is 3. The minimum Gasteiger partial charge on any atom is -0.378 e. The smallest absolute Gasteiger partial charge is 0.322 e. The molecule has 0 saturated heterocycles. The quantitative estimate of drug-likeness (QED) is 0.316. The van der Waals surface area contributed by atoms with Gasteiger partial charge >= 0.3 is 6.03 Å². The lowest BCUT2D eigenvalue weighted by atomic mass is 9.95. The number of thiophene rings is 1. The van der Waals surface area contributed by atoms with Gasteiger partial charge in [0.1, 0.15) is 5.00 Å². The van der Waals surface area contributed by atoms with E-state index in [0.29, 0.717) is 6.54 Å². The van der Waals surface area contributed by atoms with E-state index in [4.69, 9.17) is 0 Å². The summed E-state index contributed by atoms with van der Waals surface area (Å²) in [5, 5.41) is 4.54. The van der Waals surface area contributed by atoms with Crippen molar-refractivity contribution < 1.29 is 4.79 Å². The van der Waals surface area contributed by atoms with E-state index in [1.807, 2.05) is 22.3 Å². The fourth-order valence-corrected chi connectivity index (χ4v) is 7.24. The van der Waals surface area contributed by atoms with Gasteiger partial charge in [0, 0.05) is 42.1 Å². The first kappa shape index (κ1) is 23.9. The second kappa shape index (κ2) is 9.42. The third-order valence-corrected chi connectivity index (χ3v) is 9.12. The number of hydrogen-bond donors (Lipinski definition) is 1. The molecule has 0 unspecified atom stereocenters. The summed E-state index contributed by atoms with van der Waals surface area (Å²) in [5.74, 6) is 0. The van der Waals surface area contributed by atoms with Gasteiger partial charge in [-0.1, -0.05) is 29.8 Å². The van der Waals surface area contributed by atoms with Gasteiger partial charge in [0.2, 0.25) is 0 Å². The van der Waals surface area contributed by atoms with Gasteiger partial charge in [-0.2, -0.15) is 0 Å². The number of amides is 2.